The number of nitrogens with one attached hydrogen (secondary N) is 1. The number of anilines is 1. The van der Waals surface area contributed by atoms with Crippen LogP contribution >= 0.6 is 0 Å². The van der Waals surface area contributed by atoms with E-state index in [2.05, 4.69) is 39.1 Å². The zero-order chi connectivity index (χ0) is 14.1. The number of nitrogens with zero attached hydrogens (tertiary/aromatic N) is 5. The molecule has 0 saturated carbocycles. The van der Waals surface area contributed by atoms with Gasteiger partial charge in [0.25, 0.3) is 5.78 Å². The number of rotatable bonds is 3. The lowest BCUT2D eigenvalue weighted by Gasteiger charge is -2.35. The standard InChI is InChI=1S/C14H22N6/c1-10(2)19-6-4-12(5-7-19)18-13-8-11(3)17-14-15-9-16-20(13)14/h8-10,12,18H,4-7H2,1-3H3. The summed E-state index contributed by atoms with van der Waals surface area (Å²) in [6.45, 7) is 8.82. The van der Waals surface area contributed by atoms with Crippen LogP contribution in [-0.4, -0.2) is 49.7 Å². The predicted octanol–water partition coefficient (Wildman–Crippen LogP) is 1.72. The molecule has 0 aliphatic carbocycles. The number of aromatic nitrogens is 4. The minimum absolute atomic E-state index is 0.499. The van der Waals surface area contributed by atoms with Crippen LogP contribution in [0.25, 0.3) is 5.78 Å². The SMILES string of the molecule is Cc1cc(NC2CCN(C(C)C)CC2)n2ncnc2n1. The van der Waals surface area contributed by atoms with Crippen molar-refractivity contribution in [2.75, 3.05) is 18.4 Å². The van der Waals surface area contributed by atoms with Gasteiger partial charge in [-0.2, -0.15) is 14.6 Å². The zero-order valence-electron chi connectivity index (χ0n) is 12.4. The van der Waals surface area contributed by atoms with Gasteiger partial charge < -0.3 is 10.2 Å². The van der Waals surface area contributed by atoms with Crippen LogP contribution in [0.4, 0.5) is 5.82 Å². The van der Waals surface area contributed by atoms with Gasteiger partial charge in [0, 0.05) is 36.9 Å². The van der Waals surface area contributed by atoms with E-state index in [0.29, 0.717) is 17.9 Å². The molecule has 1 aliphatic heterocycles. The maximum Gasteiger partial charge on any atom is 0.254 e. The lowest BCUT2D eigenvalue weighted by atomic mass is 10.0. The average molecular weight is 274 g/mol. The molecular weight excluding hydrogens is 252 g/mol. The van der Waals surface area contributed by atoms with Crippen molar-refractivity contribution in [3.63, 3.8) is 0 Å². The summed E-state index contributed by atoms with van der Waals surface area (Å²) in [4.78, 5) is 11.1. The van der Waals surface area contributed by atoms with Gasteiger partial charge in [-0.3, -0.25) is 0 Å². The van der Waals surface area contributed by atoms with Gasteiger partial charge in [-0.05, 0) is 33.6 Å². The van der Waals surface area contributed by atoms with Crippen molar-refractivity contribution in [2.45, 2.75) is 45.7 Å². The number of fused-ring (bicyclic) bond motifs is 1. The third kappa shape index (κ3) is 2.60. The van der Waals surface area contributed by atoms with Gasteiger partial charge in [0.15, 0.2) is 0 Å². The fourth-order valence-electron chi connectivity index (χ4n) is 2.80. The first-order valence-corrected chi connectivity index (χ1v) is 7.31. The Morgan fingerprint density at radius 1 is 1.30 bits per heavy atom. The molecule has 0 unspecified atom stereocenters. The van der Waals surface area contributed by atoms with Crippen LogP contribution in [0.15, 0.2) is 12.4 Å². The second-order valence-corrected chi connectivity index (χ2v) is 5.80. The molecule has 0 atom stereocenters. The summed E-state index contributed by atoms with van der Waals surface area (Å²) in [6.07, 6.45) is 3.87. The van der Waals surface area contributed by atoms with E-state index in [1.165, 1.54) is 0 Å². The molecule has 0 radical (unpaired) electrons. The van der Waals surface area contributed by atoms with Crippen molar-refractivity contribution in [1.82, 2.24) is 24.5 Å². The van der Waals surface area contributed by atoms with Crippen LogP contribution in [0.3, 0.4) is 0 Å². The van der Waals surface area contributed by atoms with E-state index in [9.17, 15) is 0 Å². The normalized spacial score (nSPS) is 18.0. The van der Waals surface area contributed by atoms with Crippen molar-refractivity contribution in [3.05, 3.63) is 18.1 Å². The highest BCUT2D eigenvalue weighted by molar-refractivity contribution is 5.45. The second kappa shape index (κ2) is 5.36. The average Bonchev–Trinajstić information content (AvgIpc) is 2.87. The molecule has 0 aromatic carbocycles. The number of hydrogen-bond acceptors (Lipinski definition) is 5. The van der Waals surface area contributed by atoms with Crippen molar-refractivity contribution < 1.29 is 0 Å². The summed E-state index contributed by atoms with van der Waals surface area (Å²) in [5, 5.41) is 7.84. The van der Waals surface area contributed by atoms with Gasteiger partial charge in [-0.15, -0.1) is 0 Å². The Bertz CT molecular complexity index is 582. The topological polar surface area (TPSA) is 58.4 Å². The number of likely N-dealkylation sites (tertiary alicyclic amines) is 1. The van der Waals surface area contributed by atoms with Gasteiger partial charge >= 0.3 is 0 Å². The maximum absolute atomic E-state index is 4.37. The van der Waals surface area contributed by atoms with Crippen LogP contribution in [0.2, 0.25) is 0 Å². The highest BCUT2D eigenvalue weighted by Crippen LogP contribution is 2.18. The van der Waals surface area contributed by atoms with E-state index in [1.807, 2.05) is 13.0 Å². The Morgan fingerprint density at radius 3 is 2.75 bits per heavy atom. The first-order chi connectivity index (χ1) is 9.63. The fraction of sp³-hybridized carbons (Fsp3) is 0.643. The van der Waals surface area contributed by atoms with Crippen LogP contribution in [0.5, 0.6) is 0 Å². The van der Waals surface area contributed by atoms with Gasteiger partial charge in [0.2, 0.25) is 0 Å². The van der Waals surface area contributed by atoms with Gasteiger partial charge in [-0.1, -0.05) is 0 Å². The minimum Gasteiger partial charge on any atom is -0.367 e. The first-order valence-electron chi connectivity index (χ1n) is 7.31. The molecule has 0 bridgehead atoms. The summed E-state index contributed by atoms with van der Waals surface area (Å²) in [7, 11) is 0. The van der Waals surface area contributed by atoms with Gasteiger partial charge in [0.05, 0.1) is 0 Å². The molecule has 6 nitrogen and oxygen atoms in total. The lowest BCUT2D eigenvalue weighted by molar-refractivity contribution is 0.177. The first kappa shape index (κ1) is 13.3. The van der Waals surface area contributed by atoms with Gasteiger partial charge in [-0.25, -0.2) is 4.98 Å². The number of aryl methyl sites for hydroxylation is 1. The van der Waals surface area contributed by atoms with Crippen LogP contribution in [0.1, 0.15) is 32.4 Å². The molecule has 0 spiro atoms. The summed E-state index contributed by atoms with van der Waals surface area (Å²) in [6, 6.07) is 3.18. The Morgan fingerprint density at radius 2 is 2.05 bits per heavy atom. The molecule has 108 valence electrons. The fourth-order valence-corrected chi connectivity index (χ4v) is 2.80. The zero-order valence-corrected chi connectivity index (χ0v) is 12.4. The van der Waals surface area contributed by atoms with Crippen LogP contribution < -0.4 is 5.32 Å². The molecule has 1 fully saturated rings. The Kier molecular flexibility index (Phi) is 3.56. The van der Waals surface area contributed by atoms with Crippen LogP contribution in [0, 0.1) is 6.92 Å². The summed E-state index contributed by atoms with van der Waals surface area (Å²) < 4.78 is 1.78. The molecule has 2 aromatic heterocycles. The molecule has 20 heavy (non-hydrogen) atoms. The van der Waals surface area contributed by atoms with E-state index >= 15 is 0 Å². The quantitative estimate of drug-likeness (QED) is 0.923. The van der Waals surface area contributed by atoms with Crippen molar-refractivity contribution >= 4 is 11.6 Å². The van der Waals surface area contributed by atoms with E-state index in [1.54, 1.807) is 10.8 Å². The lowest BCUT2D eigenvalue weighted by Crippen LogP contribution is -2.42. The highest BCUT2D eigenvalue weighted by Gasteiger charge is 2.21. The largest absolute Gasteiger partial charge is 0.367 e. The predicted molar refractivity (Wildman–Crippen MR) is 78.9 cm³/mol. The summed E-state index contributed by atoms with van der Waals surface area (Å²) in [5.41, 5.74) is 0.965. The minimum atomic E-state index is 0.499. The molecule has 3 heterocycles. The van der Waals surface area contributed by atoms with Gasteiger partial charge in [0.1, 0.15) is 12.1 Å². The third-order valence-electron chi connectivity index (χ3n) is 3.99. The molecule has 0 amide bonds. The summed E-state index contributed by atoms with van der Waals surface area (Å²) in [5.74, 6) is 1.65. The molecule has 1 aliphatic rings. The molecule has 2 aromatic rings. The van der Waals surface area contributed by atoms with Crippen molar-refractivity contribution in [2.24, 2.45) is 0 Å². The Labute approximate surface area is 119 Å². The highest BCUT2D eigenvalue weighted by atomic mass is 15.4. The Balaban J connectivity index is 1.73. The third-order valence-corrected chi connectivity index (χ3v) is 3.99. The molecular formula is C14H22N6. The van der Waals surface area contributed by atoms with E-state index < -0.39 is 0 Å². The monoisotopic (exact) mass is 274 g/mol. The molecule has 6 heteroatoms. The van der Waals surface area contributed by atoms with Crippen molar-refractivity contribution in [3.8, 4) is 0 Å². The van der Waals surface area contributed by atoms with Crippen LogP contribution in [-0.2, 0) is 0 Å². The van der Waals surface area contributed by atoms with Crippen molar-refractivity contribution in [1.29, 1.82) is 0 Å². The van der Waals surface area contributed by atoms with E-state index in [4.69, 9.17) is 0 Å². The van der Waals surface area contributed by atoms with E-state index in [-0.39, 0.29) is 0 Å². The molecule has 1 saturated heterocycles. The number of hydrogen-bond donors (Lipinski definition) is 1. The number of piperidine rings is 1. The summed E-state index contributed by atoms with van der Waals surface area (Å²) >= 11 is 0. The smallest absolute Gasteiger partial charge is 0.254 e. The molecule has 3 rings (SSSR count). The van der Waals surface area contributed by atoms with E-state index in [0.717, 1.165) is 37.4 Å². The second-order valence-electron chi connectivity index (χ2n) is 5.80. The Hall–Kier alpha value is -1.69. The maximum atomic E-state index is 4.37. The molecule has 1 N–H and O–H groups in total.